The van der Waals surface area contributed by atoms with Gasteiger partial charge in [-0.05, 0) is 25.3 Å². The largest absolute Gasteiger partial charge is 0.391 e. The van der Waals surface area contributed by atoms with Gasteiger partial charge in [0, 0.05) is 19.5 Å². The Morgan fingerprint density at radius 1 is 1.64 bits per heavy atom. The maximum absolute atomic E-state index is 11.6. The number of aliphatic hydroxyl groups is 1. The number of aliphatic hydroxyl groups excluding tert-OH is 1. The molecule has 0 spiro atoms. The van der Waals surface area contributed by atoms with Crippen LogP contribution in [0.5, 0.6) is 0 Å². The standard InChI is InChI=1S/C10H20N2O2/c1-8-4-6-12(7-9(8)13)10(14)3-2-5-11/h8-9,13H,2-7,11H2,1H3. The predicted molar refractivity (Wildman–Crippen MR) is 54.7 cm³/mol. The van der Waals surface area contributed by atoms with Gasteiger partial charge in [0.25, 0.3) is 0 Å². The Balaban J connectivity index is 2.34. The first-order valence-corrected chi connectivity index (χ1v) is 5.31. The second-order valence-corrected chi connectivity index (χ2v) is 4.07. The second kappa shape index (κ2) is 5.32. The Kier molecular flexibility index (Phi) is 4.35. The van der Waals surface area contributed by atoms with E-state index >= 15 is 0 Å². The van der Waals surface area contributed by atoms with Crippen LogP contribution in [-0.2, 0) is 4.79 Å². The van der Waals surface area contributed by atoms with Crippen molar-refractivity contribution < 1.29 is 9.90 Å². The summed E-state index contributed by atoms with van der Waals surface area (Å²) in [4.78, 5) is 13.3. The van der Waals surface area contributed by atoms with Crippen molar-refractivity contribution in [3.63, 3.8) is 0 Å². The number of rotatable bonds is 3. The molecule has 1 aliphatic heterocycles. The summed E-state index contributed by atoms with van der Waals surface area (Å²) >= 11 is 0. The molecule has 1 fully saturated rings. The predicted octanol–water partition coefficient (Wildman–Crippen LogP) is -0.0454. The van der Waals surface area contributed by atoms with Crippen LogP contribution in [0.1, 0.15) is 26.2 Å². The van der Waals surface area contributed by atoms with E-state index in [1.54, 1.807) is 4.90 Å². The topological polar surface area (TPSA) is 66.6 Å². The van der Waals surface area contributed by atoms with Crippen molar-refractivity contribution in [2.75, 3.05) is 19.6 Å². The van der Waals surface area contributed by atoms with E-state index in [1.165, 1.54) is 0 Å². The highest BCUT2D eigenvalue weighted by molar-refractivity contribution is 5.76. The zero-order valence-corrected chi connectivity index (χ0v) is 8.78. The van der Waals surface area contributed by atoms with Gasteiger partial charge in [0.15, 0.2) is 0 Å². The molecule has 2 unspecified atom stereocenters. The van der Waals surface area contributed by atoms with E-state index in [4.69, 9.17) is 5.73 Å². The number of hydrogen-bond acceptors (Lipinski definition) is 3. The van der Waals surface area contributed by atoms with E-state index < -0.39 is 0 Å². The van der Waals surface area contributed by atoms with Crippen LogP contribution in [-0.4, -0.2) is 41.7 Å². The van der Waals surface area contributed by atoms with E-state index in [1.807, 2.05) is 6.92 Å². The average molecular weight is 200 g/mol. The molecular formula is C10H20N2O2. The summed E-state index contributed by atoms with van der Waals surface area (Å²) in [6, 6.07) is 0. The van der Waals surface area contributed by atoms with Crippen molar-refractivity contribution in [3.8, 4) is 0 Å². The van der Waals surface area contributed by atoms with E-state index in [2.05, 4.69) is 0 Å². The van der Waals surface area contributed by atoms with Gasteiger partial charge in [0.1, 0.15) is 0 Å². The second-order valence-electron chi connectivity index (χ2n) is 4.07. The Morgan fingerprint density at radius 3 is 2.93 bits per heavy atom. The summed E-state index contributed by atoms with van der Waals surface area (Å²) in [5, 5.41) is 9.60. The summed E-state index contributed by atoms with van der Waals surface area (Å²) in [5.74, 6) is 0.440. The Labute approximate surface area is 85.1 Å². The van der Waals surface area contributed by atoms with Gasteiger partial charge in [-0.2, -0.15) is 0 Å². The van der Waals surface area contributed by atoms with Crippen LogP contribution in [0.4, 0.5) is 0 Å². The molecule has 0 saturated carbocycles. The molecule has 0 radical (unpaired) electrons. The zero-order chi connectivity index (χ0) is 10.6. The summed E-state index contributed by atoms with van der Waals surface area (Å²) < 4.78 is 0. The van der Waals surface area contributed by atoms with Gasteiger partial charge in [-0.25, -0.2) is 0 Å². The minimum absolute atomic E-state index is 0.126. The number of carbonyl (C=O) groups is 1. The lowest BCUT2D eigenvalue weighted by molar-refractivity contribution is -0.135. The molecule has 3 N–H and O–H groups in total. The van der Waals surface area contributed by atoms with E-state index in [-0.39, 0.29) is 12.0 Å². The van der Waals surface area contributed by atoms with Gasteiger partial charge in [-0.15, -0.1) is 0 Å². The number of carbonyl (C=O) groups excluding carboxylic acids is 1. The lowest BCUT2D eigenvalue weighted by Crippen LogP contribution is -2.45. The van der Waals surface area contributed by atoms with Crippen molar-refractivity contribution in [2.45, 2.75) is 32.3 Å². The highest BCUT2D eigenvalue weighted by Gasteiger charge is 2.26. The summed E-state index contributed by atoms with van der Waals surface area (Å²) in [6.07, 6.45) is 1.79. The number of hydrogen-bond donors (Lipinski definition) is 2. The molecule has 1 heterocycles. The molecule has 1 aliphatic rings. The van der Waals surface area contributed by atoms with E-state index in [0.717, 1.165) is 19.4 Å². The molecule has 0 aromatic heterocycles. The monoisotopic (exact) mass is 200 g/mol. The van der Waals surface area contributed by atoms with Crippen molar-refractivity contribution in [3.05, 3.63) is 0 Å². The van der Waals surface area contributed by atoms with Gasteiger partial charge in [0.05, 0.1) is 6.10 Å². The number of β-amino-alcohol motifs (C(OH)–C–C–N with tert-alkyl or cyclic N) is 1. The first-order valence-electron chi connectivity index (χ1n) is 5.31. The highest BCUT2D eigenvalue weighted by atomic mass is 16.3. The smallest absolute Gasteiger partial charge is 0.222 e. The van der Waals surface area contributed by atoms with Crippen LogP contribution in [0.25, 0.3) is 0 Å². The van der Waals surface area contributed by atoms with E-state index in [0.29, 0.717) is 25.4 Å². The first kappa shape index (κ1) is 11.5. The summed E-state index contributed by atoms with van der Waals surface area (Å²) in [5.41, 5.74) is 5.34. The summed E-state index contributed by atoms with van der Waals surface area (Å²) in [6.45, 7) is 3.84. The van der Waals surface area contributed by atoms with Crippen molar-refractivity contribution >= 4 is 5.91 Å². The first-order chi connectivity index (χ1) is 6.65. The number of amides is 1. The molecule has 0 bridgehead atoms. The number of nitrogens with two attached hydrogens (primary N) is 1. The van der Waals surface area contributed by atoms with Crippen LogP contribution in [0.3, 0.4) is 0 Å². The molecule has 1 rings (SSSR count). The zero-order valence-electron chi connectivity index (χ0n) is 8.78. The quantitative estimate of drug-likeness (QED) is 0.671. The molecule has 1 amide bonds. The lowest BCUT2D eigenvalue weighted by atomic mass is 9.96. The number of nitrogens with zero attached hydrogens (tertiary/aromatic N) is 1. The van der Waals surface area contributed by atoms with E-state index in [9.17, 15) is 9.90 Å². The minimum atomic E-state index is -0.356. The third kappa shape index (κ3) is 2.96. The molecule has 0 aliphatic carbocycles. The van der Waals surface area contributed by atoms with Crippen molar-refractivity contribution in [2.24, 2.45) is 11.7 Å². The molecule has 2 atom stereocenters. The molecule has 14 heavy (non-hydrogen) atoms. The summed E-state index contributed by atoms with van der Waals surface area (Å²) in [7, 11) is 0. The van der Waals surface area contributed by atoms with Crippen LogP contribution >= 0.6 is 0 Å². The van der Waals surface area contributed by atoms with Gasteiger partial charge >= 0.3 is 0 Å². The van der Waals surface area contributed by atoms with Crippen LogP contribution in [0, 0.1) is 5.92 Å². The van der Waals surface area contributed by atoms with Crippen molar-refractivity contribution in [1.29, 1.82) is 0 Å². The molecule has 0 aromatic rings. The fourth-order valence-corrected chi connectivity index (χ4v) is 1.69. The maximum Gasteiger partial charge on any atom is 0.222 e. The third-order valence-electron chi connectivity index (χ3n) is 2.87. The molecular weight excluding hydrogens is 180 g/mol. The van der Waals surface area contributed by atoms with Crippen molar-refractivity contribution in [1.82, 2.24) is 4.90 Å². The normalized spacial score (nSPS) is 27.8. The number of piperidine rings is 1. The maximum atomic E-state index is 11.6. The average Bonchev–Trinajstić information content (AvgIpc) is 2.18. The van der Waals surface area contributed by atoms with Crippen LogP contribution < -0.4 is 5.73 Å². The Morgan fingerprint density at radius 2 is 2.36 bits per heavy atom. The SMILES string of the molecule is CC1CCN(C(=O)CCCN)CC1O. The molecule has 0 aromatic carbocycles. The van der Waals surface area contributed by atoms with Gasteiger partial charge in [0.2, 0.25) is 5.91 Å². The fraction of sp³-hybridized carbons (Fsp3) is 0.900. The molecule has 1 saturated heterocycles. The van der Waals surface area contributed by atoms with Crippen LogP contribution in [0.2, 0.25) is 0 Å². The molecule has 4 heteroatoms. The minimum Gasteiger partial charge on any atom is -0.391 e. The Hall–Kier alpha value is -0.610. The van der Waals surface area contributed by atoms with Gasteiger partial charge < -0.3 is 15.7 Å². The van der Waals surface area contributed by atoms with Crippen LogP contribution in [0.15, 0.2) is 0 Å². The third-order valence-corrected chi connectivity index (χ3v) is 2.87. The van der Waals surface area contributed by atoms with Gasteiger partial charge in [-0.1, -0.05) is 6.92 Å². The fourth-order valence-electron chi connectivity index (χ4n) is 1.69. The molecule has 82 valence electrons. The van der Waals surface area contributed by atoms with Gasteiger partial charge in [-0.3, -0.25) is 4.79 Å². The number of likely N-dealkylation sites (tertiary alicyclic amines) is 1. The Bertz CT molecular complexity index is 197. The molecule has 4 nitrogen and oxygen atoms in total. The lowest BCUT2D eigenvalue weighted by Gasteiger charge is -2.34. The highest BCUT2D eigenvalue weighted by Crippen LogP contribution is 2.17.